The SMILES string of the molecule is CC(C)CC(=O)NNC(=O)c1ccc(-n2cnnn2)cc1. The van der Waals surface area contributed by atoms with Crippen LogP contribution >= 0.6 is 0 Å². The van der Waals surface area contributed by atoms with E-state index in [1.807, 2.05) is 13.8 Å². The maximum absolute atomic E-state index is 11.9. The molecule has 0 aliphatic rings. The Hall–Kier alpha value is -2.77. The summed E-state index contributed by atoms with van der Waals surface area (Å²) in [5.74, 6) is -0.364. The molecule has 2 amide bonds. The average Bonchev–Trinajstić information content (AvgIpc) is 2.98. The van der Waals surface area contributed by atoms with Crippen molar-refractivity contribution in [2.75, 3.05) is 0 Å². The minimum atomic E-state index is -0.379. The third kappa shape index (κ3) is 4.10. The maximum atomic E-state index is 11.9. The number of carbonyl (C=O) groups is 2. The van der Waals surface area contributed by atoms with Gasteiger partial charge in [0.15, 0.2) is 0 Å². The van der Waals surface area contributed by atoms with Crippen LogP contribution in [0.25, 0.3) is 5.69 Å². The molecule has 2 N–H and O–H groups in total. The van der Waals surface area contributed by atoms with Gasteiger partial charge in [-0.15, -0.1) is 5.10 Å². The van der Waals surface area contributed by atoms with E-state index in [0.717, 1.165) is 5.69 Å². The van der Waals surface area contributed by atoms with E-state index in [9.17, 15) is 9.59 Å². The molecule has 0 bridgehead atoms. The molecule has 1 aromatic heterocycles. The Kier molecular flexibility index (Phi) is 4.60. The van der Waals surface area contributed by atoms with Crippen LogP contribution in [0.2, 0.25) is 0 Å². The molecule has 0 radical (unpaired) electrons. The average molecular weight is 288 g/mol. The van der Waals surface area contributed by atoms with E-state index in [-0.39, 0.29) is 17.7 Å². The van der Waals surface area contributed by atoms with Crippen LogP contribution in [0, 0.1) is 5.92 Å². The van der Waals surface area contributed by atoms with Crippen molar-refractivity contribution in [2.45, 2.75) is 20.3 Å². The van der Waals surface area contributed by atoms with Gasteiger partial charge in [0, 0.05) is 12.0 Å². The van der Waals surface area contributed by atoms with Crippen LogP contribution < -0.4 is 10.9 Å². The van der Waals surface area contributed by atoms with Crippen molar-refractivity contribution >= 4 is 11.8 Å². The van der Waals surface area contributed by atoms with Gasteiger partial charge in [0.05, 0.1) is 5.69 Å². The normalized spacial score (nSPS) is 10.4. The fourth-order valence-electron chi connectivity index (χ4n) is 1.67. The zero-order chi connectivity index (χ0) is 15.2. The summed E-state index contributed by atoms with van der Waals surface area (Å²) >= 11 is 0. The number of carbonyl (C=O) groups excluding carboxylic acids is 2. The highest BCUT2D eigenvalue weighted by atomic mass is 16.2. The Morgan fingerprint density at radius 2 is 1.90 bits per heavy atom. The van der Waals surface area contributed by atoms with Crippen molar-refractivity contribution in [3.05, 3.63) is 36.2 Å². The number of benzene rings is 1. The van der Waals surface area contributed by atoms with Gasteiger partial charge in [0.1, 0.15) is 6.33 Å². The number of rotatable bonds is 4. The summed E-state index contributed by atoms with van der Waals surface area (Å²) in [6.45, 7) is 3.86. The van der Waals surface area contributed by atoms with Crippen LogP contribution in [0.3, 0.4) is 0 Å². The molecule has 0 saturated carbocycles. The number of hydrazine groups is 1. The van der Waals surface area contributed by atoms with Crippen LogP contribution in [-0.4, -0.2) is 32.0 Å². The maximum Gasteiger partial charge on any atom is 0.269 e. The molecule has 0 aliphatic carbocycles. The Labute approximate surface area is 121 Å². The molecule has 0 atom stereocenters. The van der Waals surface area contributed by atoms with E-state index in [2.05, 4.69) is 26.4 Å². The van der Waals surface area contributed by atoms with Gasteiger partial charge in [-0.3, -0.25) is 20.4 Å². The fourth-order valence-corrected chi connectivity index (χ4v) is 1.67. The largest absolute Gasteiger partial charge is 0.273 e. The quantitative estimate of drug-likeness (QED) is 0.796. The predicted molar refractivity (Wildman–Crippen MR) is 74.2 cm³/mol. The van der Waals surface area contributed by atoms with Gasteiger partial charge in [-0.1, -0.05) is 13.8 Å². The van der Waals surface area contributed by atoms with Crippen LogP contribution in [0.15, 0.2) is 30.6 Å². The second-order valence-corrected chi connectivity index (χ2v) is 4.90. The fraction of sp³-hybridized carbons (Fsp3) is 0.308. The van der Waals surface area contributed by atoms with E-state index in [0.29, 0.717) is 12.0 Å². The zero-order valence-corrected chi connectivity index (χ0v) is 11.8. The van der Waals surface area contributed by atoms with Gasteiger partial charge in [-0.2, -0.15) is 0 Å². The molecular formula is C13H16N6O2. The molecule has 1 heterocycles. The van der Waals surface area contributed by atoms with Crippen molar-refractivity contribution in [3.63, 3.8) is 0 Å². The summed E-state index contributed by atoms with van der Waals surface area (Å²) in [7, 11) is 0. The van der Waals surface area contributed by atoms with Gasteiger partial charge >= 0.3 is 0 Å². The number of hydrogen-bond acceptors (Lipinski definition) is 5. The van der Waals surface area contributed by atoms with Crippen molar-refractivity contribution in [3.8, 4) is 5.69 Å². The molecule has 0 fully saturated rings. The standard InChI is InChI=1S/C13H16N6O2/c1-9(2)7-12(20)15-16-13(21)10-3-5-11(6-4-10)19-8-14-17-18-19/h3-6,8-9H,7H2,1-2H3,(H,15,20)(H,16,21). The second-order valence-electron chi connectivity index (χ2n) is 4.90. The van der Waals surface area contributed by atoms with Crippen molar-refractivity contribution in [1.29, 1.82) is 0 Å². The van der Waals surface area contributed by atoms with Crippen molar-refractivity contribution in [2.24, 2.45) is 5.92 Å². The van der Waals surface area contributed by atoms with Crippen molar-refractivity contribution < 1.29 is 9.59 Å². The van der Waals surface area contributed by atoms with E-state index in [1.54, 1.807) is 24.3 Å². The molecular weight excluding hydrogens is 272 g/mol. The van der Waals surface area contributed by atoms with Crippen LogP contribution in [0.4, 0.5) is 0 Å². The van der Waals surface area contributed by atoms with E-state index < -0.39 is 0 Å². The van der Waals surface area contributed by atoms with Gasteiger partial charge in [0.2, 0.25) is 5.91 Å². The van der Waals surface area contributed by atoms with Crippen LogP contribution in [0.5, 0.6) is 0 Å². The highest BCUT2D eigenvalue weighted by molar-refractivity contribution is 5.95. The number of aromatic nitrogens is 4. The molecule has 8 nitrogen and oxygen atoms in total. The summed E-state index contributed by atoms with van der Waals surface area (Å²) in [4.78, 5) is 23.3. The first-order valence-corrected chi connectivity index (χ1v) is 6.49. The van der Waals surface area contributed by atoms with E-state index in [4.69, 9.17) is 0 Å². The number of tetrazole rings is 1. The van der Waals surface area contributed by atoms with Crippen LogP contribution in [-0.2, 0) is 4.79 Å². The Balaban J connectivity index is 1.93. The molecule has 2 aromatic rings. The summed E-state index contributed by atoms with van der Waals surface area (Å²) in [5.41, 5.74) is 5.92. The third-order valence-electron chi connectivity index (χ3n) is 2.65. The highest BCUT2D eigenvalue weighted by Gasteiger charge is 2.09. The molecule has 0 spiro atoms. The second kappa shape index (κ2) is 6.60. The Morgan fingerprint density at radius 3 is 2.48 bits per heavy atom. The zero-order valence-electron chi connectivity index (χ0n) is 11.8. The monoisotopic (exact) mass is 288 g/mol. The predicted octanol–water partition coefficient (Wildman–Crippen LogP) is 0.469. The topological polar surface area (TPSA) is 102 Å². The summed E-state index contributed by atoms with van der Waals surface area (Å²) in [6, 6.07) is 6.67. The smallest absolute Gasteiger partial charge is 0.269 e. The first-order valence-electron chi connectivity index (χ1n) is 6.49. The van der Waals surface area contributed by atoms with Gasteiger partial charge in [-0.05, 0) is 40.6 Å². The molecule has 110 valence electrons. The van der Waals surface area contributed by atoms with Crippen molar-refractivity contribution in [1.82, 2.24) is 31.1 Å². The van der Waals surface area contributed by atoms with Crippen LogP contribution in [0.1, 0.15) is 30.6 Å². The minimum Gasteiger partial charge on any atom is -0.273 e. The molecule has 0 saturated heterocycles. The lowest BCUT2D eigenvalue weighted by atomic mass is 10.1. The summed E-state index contributed by atoms with van der Waals surface area (Å²) in [6.07, 6.45) is 1.82. The summed E-state index contributed by atoms with van der Waals surface area (Å²) in [5, 5.41) is 10.8. The number of amides is 2. The molecule has 1 aromatic carbocycles. The Morgan fingerprint density at radius 1 is 1.19 bits per heavy atom. The molecule has 21 heavy (non-hydrogen) atoms. The molecule has 8 heteroatoms. The number of nitrogens with zero attached hydrogens (tertiary/aromatic N) is 4. The van der Waals surface area contributed by atoms with Gasteiger partial charge in [-0.25, -0.2) is 4.68 Å². The summed E-state index contributed by atoms with van der Waals surface area (Å²) < 4.78 is 1.48. The van der Waals surface area contributed by atoms with Gasteiger partial charge in [0.25, 0.3) is 5.91 Å². The van der Waals surface area contributed by atoms with E-state index in [1.165, 1.54) is 11.0 Å². The lowest BCUT2D eigenvalue weighted by molar-refractivity contribution is -0.122. The first-order chi connectivity index (χ1) is 10.1. The Bertz CT molecular complexity index is 606. The number of nitrogens with one attached hydrogen (secondary N) is 2. The molecule has 2 rings (SSSR count). The number of hydrogen-bond donors (Lipinski definition) is 2. The highest BCUT2D eigenvalue weighted by Crippen LogP contribution is 2.07. The lowest BCUT2D eigenvalue weighted by Gasteiger charge is -2.09. The molecule has 0 aliphatic heterocycles. The minimum absolute atomic E-state index is 0.219. The third-order valence-corrected chi connectivity index (χ3v) is 2.65. The van der Waals surface area contributed by atoms with E-state index >= 15 is 0 Å². The first kappa shape index (κ1) is 14.6. The van der Waals surface area contributed by atoms with Gasteiger partial charge < -0.3 is 0 Å². The molecule has 0 unspecified atom stereocenters. The lowest BCUT2D eigenvalue weighted by Crippen LogP contribution is -2.42.